The highest BCUT2D eigenvalue weighted by Gasteiger charge is 2.04. The maximum absolute atomic E-state index is 5.25. The molecule has 15 heavy (non-hydrogen) atoms. The summed E-state index contributed by atoms with van der Waals surface area (Å²) in [5.41, 5.74) is 0. The summed E-state index contributed by atoms with van der Waals surface area (Å²) in [7, 11) is 3.51. The molecule has 1 aromatic rings. The second-order valence-electron chi connectivity index (χ2n) is 3.02. The zero-order valence-corrected chi connectivity index (χ0v) is 9.43. The highest BCUT2D eigenvalue weighted by Crippen LogP contribution is 2.10. The van der Waals surface area contributed by atoms with Crippen LogP contribution in [0.3, 0.4) is 0 Å². The van der Waals surface area contributed by atoms with E-state index in [9.17, 15) is 0 Å². The van der Waals surface area contributed by atoms with Crippen molar-refractivity contribution in [3.8, 4) is 5.88 Å². The number of methoxy groups -OCH3 is 1. The Bertz CT molecular complexity index is 294. The smallest absolute Gasteiger partial charge is 0.228 e. The molecule has 0 unspecified atom stereocenters. The van der Waals surface area contributed by atoms with Crippen molar-refractivity contribution < 1.29 is 9.47 Å². The van der Waals surface area contributed by atoms with Crippen LogP contribution in [0.4, 0.5) is 5.95 Å². The standard InChI is InChI=1S/C10H17N3O2/c1-4-15-8-7-13(2)10-11-6-5-9(12-10)14-3/h5-6H,4,7-8H2,1-3H3. The molecule has 0 aliphatic heterocycles. The van der Waals surface area contributed by atoms with Crippen LogP contribution in [0.2, 0.25) is 0 Å². The molecule has 0 saturated heterocycles. The Morgan fingerprint density at radius 1 is 1.47 bits per heavy atom. The normalized spacial score (nSPS) is 10.1. The molecule has 0 aromatic carbocycles. The minimum Gasteiger partial charge on any atom is -0.481 e. The van der Waals surface area contributed by atoms with Crippen LogP contribution in [0.15, 0.2) is 12.3 Å². The third-order valence-electron chi connectivity index (χ3n) is 1.94. The minimum absolute atomic E-state index is 0.572. The summed E-state index contributed by atoms with van der Waals surface area (Å²) < 4.78 is 10.3. The lowest BCUT2D eigenvalue weighted by atomic mass is 10.5. The fourth-order valence-electron chi connectivity index (χ4n) is 1.08. The van der Waals surface area contributed by atoms with Crippen molar-refractivity contribution in [1.82, 2.24) is 9.97 Å². The minimum atomic E-state index is 0.572. The van der Waals surface area contributed by atoms with Crippen molar-refractivity contribution in [2.24, 2.45) is 0 Å². The zero-order chi connectivity index (χ0) is 11.1. The van der Waals surface area contributed by atoms with Gasteiger partial charge in [0.2, 0.25) is 11.8 Å². The third kappa shape index (κ3) is 3.71. The fraction of sp³-hybridized carbons (Fsp3) is 0.600. The first kappa shape index (κ1) is 11.7. The van der Waals surface area contributed by atoms with Gasteiger partial charge >= 0.3 is 0 Å². The quantitative estimate of drug-likeness (QED) is 0.656. The SMILES string of the molecule is CCOCCN(C)c1nccc(OC)n1. The van der Waals surface area contributed by atoms with Crippen LogP contribution < -0.4 is 9.64 Å². The molecule has 5 heteroatoms. The molecule has 0 atom stereocenters. The monoisotopic (exact) mass is 211 g/mol. The number of nitrogens with zero attached hydrogens (tertiary/aromatic N) is 3. The summed E-state index contributed by atoms with van der Waals surface area (Å²) in [6.45, 7) is 4.14. The second-order valence-corrected chi connectivity index (χ2v) is 3.02. The molecule has 0 aliphatic rings. The lowest BCUT2D eigenvalue weighted by Gasteiger charge is -2.16. The van der Waals surface area contributed by atoms with Crippen molar-refractivity contribution in [1.29, 1.82) is 0 Å². The van der Waals surface area contributed by atoms with Crippen molar-refractivity contribution in [2.75, 3.05) is 38.8 Å². The molecule has 0 aliphatic carbocycles. The van der Waals surface area contributed by atoms with E-state index < -0.39 is 0 Å². The van der Waals surface area contributed by atoms with Gasteiger partial charge in [0.25, 0.3) is 0 Å². The van der Waals surface area contributed by atoms with Gasteiger partial charge in [-0.1, -0.05) is 0 Å². The maximum atomic E-state index is 5.25. The Kier molecular flexibility index (Phi) is 4.83. The molecule has 1 aromatic heterocycles. The highest BCUT2D eigenvalue weighted by molar-refractivity contribution is 5.30. The lowest BCUT2D eigenvalue weighted by Crippen LogP contribution is -2.24. The molecule has 84 valence electrons. The van der Waals surface area contributed by atoms with Gasteiger partial charge in [-0.2, -0.15) is 4.98 Å². The highest BCUT2D eigenvalue weighted by atomic mass is 16.5. The van der Waals surface area contributed by atoms with Gasteiger partial charge in [-0.3, -0.25) is 0 Å². The summed E-state index contributed by atoms with van der Waals surface area (Å²) in [5.74, 6) is 1.22. The topological polar surface area (TPSA) is 47.5 Å². The number of ether oxygens (including phenoxy) is 2. The number of hydrogen-bond donors (Lipinski definition) is 0. The van der Waals surface area contributed by atoms with Gasteiger partial charge in [-0.25, -0.2) is 4.98 Å². The average Bonchev–Trinajstić information content (AvgIpc) is 2.29. The summed E-state index contributed by atoms with van der Waals surface area (Å²) in [6, 6.07) is 1.72. The molecular weight excluding hydrogens is 194 g/mol. The van der Waals surface area contributed by atoms with Crippen LogP contribution in [0.1, 0.15) is 6.92 Å². The molecular formula is C10H17N3O2. The van der Waals surface area contributed by atoms with E-state index in [2.05, 4.69) is 9.97 Å². The van der Waals surface area contributed by atoms with Crippen molar-refractivity contribution in [3.05, 3.63) is 12.3 Å². The molecule has 1 rings (SSSR count). The van der Waals surface area contributed by atoms with Crippen molar-refractivity contribution >= 4 is 5.95 Å². The van der Waals surface area contributed by atoms with Gasteiger partial charge in [0, 0.05) is 32.5 Å². The first-order valence-electron chi connectivity index (χ1n) is 4.93. The Labute approximate surface area is 90.0 Å². The van der Waals surface area contributed by atoms with Gasteiger partial charge in [-0.05, 0) is 6.92 Å². The van der Waals surface area contributed by atoms with Gasteiger partial charge in [0.15, 0.2) is 0 Å². The molecule has 0 radical (unpaired) electrons. The van der Waals surface area contributed by atoms with E-state index in [-0.39, 0.29) is 0 Å². The molecule has 0 N–H and O–H groups in total. The summed E-state index contributed by atoms with van der Waals surface area (Å²) in [5, 5.41) is 0. The second kappa shape index (κ2) is 6.19. The van der Waals surface area contributed by atoms with E-state index in [1.165, 1.54) is 0 Å². The van der Waals surface area contributed by atoms with E-state index in [0.29, 0.717) is 18.4 Å². The summed E-state index contributed by atoms with van der Waals surface area (Å²) >= 11 is 0. The van der Waals surface area contributed by atoms with Gasteiger partial charge in [0.05, 0.1) is 13.7 Å². The maximum Gasteiger partial charge on any atom is 0.228 e. The number of anilines is 1. The predicted octanol–water partition coefficient (Wildman–Crippen LogP) is 0.958. The molecule has 0 saturated carbocycles. The third-order valence-corrected chi connectivity index (χ3v) is 1.94. The molecule has 5 nitrogen and oxygen atoms in total. The first-order valence-corrected chi connectivity index (χ1v) is 4.93. The van der Waals surface area contributed by atoms with Crippen molar-refractivity contribution in [2.45, 2.75) is 6.92 Å². The van der Waals surface area contributed by atoms with E-state index in [4.69, 9.17) is 9.47 Å². The molecule has 0 spiro atoms. The first-order chi connectivity index (χ1) is 7.27. The van der Waals surface area contributed by atoms with Gasteiger partial charge < -0.3 is 14.4 Å². The Balaban J connectivity index is 2.52. The number of aromatic nitrogens is 2. The summed E-state index contributed by atoms with van der Waals surface area (Å²) in [6.07, 6.45) is 1.68. The molecule has 1 heterocycles. The van der Waals surface area contributed by atoms with E-state index in [0.717, 1.165) is 13.2 Å². The number of rotatable bonds is 6. The van der Waals surface area contributed by atoms with Crippen LogP contribution in [0.5, 0.6) is 5.88 Å². The van der Waals surface area contributed by atoms with Crippen LogP contribution in [0, 0.1) is 0 Å². The molecule has 0 amide bonds. The van der Waals surface area contributed by atoms with Crippen LogP contribution in [-0.2, 0) is 4.74 Å². The predicted molar refractivity (Wildman–Crippen MR) is 58.3 cm³/mol. The summed E-state index contributed by atoms with van der Waals surface area (Å²) in [4.78, 5) is 10.3. The Morgan fingerprint density at radius 2 is 2.27 bits per heavy atom. The van der Waals surface area contributed by atoms with E-state index in [1.807, 2.05) is 18.9 Å². The fourth-order valence-corrected chi connectivity index (χ4v) is 1.08. The largest absolute Gasteiger partial charge is 0.481 e. The molecule has 0 fully saturated rings. The lowest BCUT2D eigenvalue weighted by molar-refractivity contribution is 0.154. The van der Waals surface area contributed by atoms with Crippen LogP contribution in [0.25, 0.3) is 0 Å². The Morgan fingerprint density at radius 3 is 2.93 bits per heavy atom. The molecule has 0 bridgehead atoms. The van der Waals surface area contributed by atoms with Crippen LogP contribution in [-0.4, -0.2) is 43.9 Å². The average molecular weight is 211 g/mol. The van der Waals surface area contributed by atoms with E-state index >= 15 is 0 Å². The zero-order valence-electron chi connectivity index (χ0n) is 9.43. The van der Waals surface area contributed by atoms with Gasteiger partial charge in [0.1, 0.15) is 0 Å². The van der Waals surface area contributed by atoms with Crippen molar-refractivity contribution in [3.63, 3.8) is 0 Å². The number of likely N-dealkylation sites (N-methyl/N-ethyl adjacent to an activating group) is 1. The van der Waals surface area contributed by atoms with Crippen LogP contribution >= 0.6 is 0 Å². The van der Waals surface area contributed by atoms with E-state index in [1.54, 1.807) is 19.4 Å². The Hall–Kier alpha value is -1.36. The van der Waals surface area contributed by atoms with Gasteiger partial charge in [-0.15, -0.1) is 0 Å². The number of hydrogen-bond acceptors (Lipinski definition) is 5.